The van der Waals surface area contributed by atoms with E-state index in [1.54, 1.807) is 6.92 Å². The standard InChI is InChI=1S/C13H12F2N6/c1-6-2-3-9(14)7(10(6)15)4-17-11-8-5-18-21-12(8)20-13(16)19-11/h2-3,5H,4H2,1H3,(H4,16,17,18,19,20,21). The number of benzene rings is 1. The van der Waals surface area contributed by atoms with Crippen LogP contribution >= 0.6 is 0 Å². The number of anilines is 2. The summed E-state index contributed by atoms with van der Waals surface area (Å²) in [7, 11) is 0. The van der Waals surface area contributed by atoms with E-state index in [4.69, 9.17) is 5.73 Å². The lowest BCUT2D eigenvalue weighted by Gasteiger charge is -2.10. The smallest absolute Gasteiger partial charge is 0.224 e. The van der Waals surface area contributed by atoms with Gasteiger partial charge in [0.25, 0.3) is 0 Å². The molecular weight excluding hydrogens is 278 g/mol. The first-order valence-electron chi connectivity index (χ1n) is 6.20. The molecule has 0 unspecified atom stereocenters. The minimum absolute atomic E-state index is 0.0411. The van der Waals surface area contributed by atoms with Crippen molar-refractivity contribution < 1.29 is 8.78 Å². The van der Waals surface area contributed by atoms with Crippen molar-refractivity contribution in [3.05, 3.63) is 41.1 Å². The van der Waals surface area contributed by atoms with Crippen molar-refractivity contribution >= 4 is 22.8 Å². The number of aryl methyl sites for hydroxylation is 1. The van der Waals surface area contributed by atoms with Gasteiger partial charge in [-0.1, -0.05) is 6.07 Å². The number of nitrogens with one attached hydrogen (secondary N) is 2. The Hall–Kier alpha value is -2.77. The second-order valence-electron chi connectivity index (χ2n) is 4.57. The maximum absolute atomic E-state index is 13.9. The fourth-order valence-corrected chi connectivity index (χ4v) is 2.04. The number of nitrogen functional groups attached to an aromatic ring is 1. The zero-order valence-corrected chi connectivity index (χ0v) is 11.1. The predicted octanol–water partition coefficient (Wildman–Crippen LogP) is 2.13. The molecule has 108 valence electrons. The summed E-state index contributed by atoms with van der Waals surface area (Å²) in [6, 6.07) is 2.63. The highest BCUT2D eigenvalue weighted by Crippen LogP contribution is 2.21. The summed E-state index contributed by atoms with van der Waals surface area (Å²) in [5, 5.41) is 9.96. The van der Waals surface area contributed by atoms with E-state index >= 15 is 0 Å². The van der Waals surface area contributed by atoms with Gasteiger partial charge in [-0.2, -0.15) is 15.1 Å². The molecule has 0 aliphatic carbocycles. The van der Waals surface area contributed by atoms with Crippen LogP contribution in [0.4, 0.5) is 20.5 Å². The van der Waals surface area contributed by atoms with E-state index in [1.165, 1.54) is 18.3 Å². The Morgan fingerprint density at radius 1 is 1.29 bits per heavy atom. The van der Waals surface area contributed by atoms with Gasteiger partial charge in [-0.3, -0.25) is 5.10 Å². The number of fused-ring (bicyclic) bond motifs is 1. The van der Waals surface area contributed by atoms with Crippen LogP contribution in [0.25, 0.3) is 11.0 Å². The lowest BCUT2D eigenvalue weighted by atomic mass is 10.1. The van der Waals surface area contributed by atoms with Gasteiger partial charge in [0.15, 0.2) is 5.65 Å². The van der Waals surface area contributed by atoms with Crippen LogP contribution in [-0.2, 0) is 6.54 Å². The quantitative estimate of drug-likeness (QED) is 0.687. The van der Waals surface area contributed by atoms with Gasteiger partial charge in [-0.15, -0.1) is 0 Å². The predicted molar refractivity (Wildman–Crippen MR) is 74.5 cm³/mol. The molecule has 0 aliphatic rings. The van der Waals surface area contributed by atoms with Gasteiger partial charge in [0.05, 0.1) is 11.6 Å². The minimum atomic E-state index is -0.615. The molecule has 2 heterocycles. The molecular formula is C13H12F2N6. The summed E-state index contributed by atoms with van der Waals surface area (Å²) in [6.07, 6.45) is 1.51. The Kier molecular flexibility index (Phi) is 3.13. The molecule has 0 amide bonds. The zero-order chi connectivity index (χ0) is 15.0. The summed E-state index contributed by atoms with van der Waals surface area (Å²) in [4.78, 5) is 7.98. The average molecular weight is 290 g/mol. The highest BCUT2D eigenvalue weighted by molar-refractivity contribution is 5.86. The van der Waals surface area contributed by atoms with Crippen LogP contribution in [0.2, 0.25) is 0 Å². The van der Waals surface area contributed by atoms with Crippen LogP contribution in [0.15, 0.2) is 18.3 Å². The van der Waals surface area contributed by atoms with Gasteiger partial charge in [0.1, 0.15) is 17.5 Å². The van der Waals surface area contributed by atoms with Crippen molar-refractivity contribution in [3.63, 3.8) is 0 Å². The molecule has 1 aromatic carbocycles. The molecule has 0 bridgehead atoms. The number of nitrogens with zero attached hydrogens (tertiary/aromatic N) is 3. The molecule has 0 saturated heterocycles. The Morgan fingerprint density at radius 3 is 2.90 bits per heavy atom. The summed E-state index contributed by atoms with van der Waals surface area (Å²) in [5.41, 5.74) is 6.36. The fourth-order valence-electron chi connectivity index (χ4n) is 2.04. The highest BCUT2D eigenvalue weighted by atomic mass is 19.1. The van der Waals surface area contributed by atoms with Crippen LogP contribution in [0.1, 0.15) is 11.1 Å². The fraction of sp³-hybridized carbons (Fsp3) is 0.154. The Labute approximate surface area is 118 Å². The Bertz CT molecular complexity index is 814. The number of aromatic nitrogens is 4. The van der Waals surface area contributed by atoms with Gasteiger partial charge in [0.2, 0.25) is 5.95 Å². The van der Waals surface area contributed by atoms with E-state index in [-0.39, 0.29) is 18.1 Å². The lowest BCUT2D eigenvalue weighted by Crippen LogP contribution is -2.08. The molecule has 0 spiro atoms. The van der Waals surface area contributed by atoms with E-state index in [0.29, 0.717) is 22.4 Å². The van der Waals surface area contributed by atoms with Crippen molar-refractivity contribution in [2.45, 2.75) is 13.5 Å². The third-order valence-corrected chi connectivity index (χ3v) is 3.14. The maximum atomic E-state index is 13.9. The molecule has 4 N–H and O–H groups in total. The maximum Gasteiger partial charge on any atom is 0.224 e. The third kappa shape index (κ3) is 2.35. The summed E-state index contributed by atoms with van der Waals surface area (Å²) in [6.45, 7) is 1.52. The molecule has 0 atom stereocenters. The zero-order valence-electron chi connectivity index (χ0n) is 11.1. The molecule has 3 aromatic rings. The molecule has 8 heteroatoms. The molecule has 0 saturated carbocycles. The third-order valence-electron chi connectivity index (χ3n) is 3.14. The minimum Gasteiger partial charge on any atom is -0.368 e. The lowest BCUT2D eigenvalue weighted by molar-refractivity contribution is 0.554. The number of hydrogen-bond acceptors (Lipinski definition) is 5. The van der Waals surface area contributed by atoms with E-state index in [2.05, 4.69) is 25.5 Å². The molecule has 0 radical (unpaired) electrons. The van der Waals surface area contributed by atoms with Crippen LogP contribution < -0.4 is 11.1 Å². The van der Waals surface area contributed by atoms with Crippen molar-refractivity contribution in [1.82, 2.24) is 20.2 Å². The van der Waals surface area contributed by atoms with E-state index in [0.717, 1.165) is 0 Å². The number of hydrogen-bond donors (Lipinski definition) is 3. The van der Waals surface area contributed by atoms with E-state index in [9.17, 15) is 8.78 Å². The molecule has 0 fully saturated rings. The number of rotatable bonds is 3. The Balaban J connectivity index is 1.94. The summed E-state index contributed by atoms with van der Waals surface area (Å²) >= 11 is 0. The largest absolute Gasteiger partial charge is 0.368 e. The van der Waals surface area contributed by atoms with E-state index < -0.39 is 11.6 Å². The van der Waals surface area contributed by atoms with Gasteiger partial charge in [-0.05, 0) is 18.6 Å². The van der Waals surface area contributed by atoms with Crippen LogP contribution in [-0.4, -0.2) is 20.2 Å². The number of aromatic amines is 1. The molecule has 21 heavy (non-hydrogen) atoms. The first kappa shape index (κ1) is 13.2. The normalized spacial score (nSPS) is 11.0. The van der Waals surface area contributed by atoms with Gasteiger partial charge >= 0.3 is 0 Å². The first-order chi connectivity index (χ1) is 10.1. The Morgan fingerprint density at radius 2 is 2.10 bits per heavy atom. The second kappa shape index (κ2) is 4.97. The van der Waals surface area contributed by atoms with Gasteiger partial charge in [0, 0.05) is 12.1 Å². The summed E-state index contributed by atoms with van der Waals surface area (Å²) in [5.74, 6) is -0.782. The van der Waals surface area contributed by atoms with E-state index in [1.807, 2.05) is 0 Å². The monoisotopic (exact) mass is 290 g/mol. The molecule has 6 nitrogen and oxygen atoms in total. The number of halogens is 2. The van der Waals surface area contributed by atoms with Crippen molar-refractivity contribution in [1.29, 1.82) is 0 Å². The first-order valence-corrected chi connectivity index (χ1v) is 6.20. The number of H-pyrrole nitrogens is 1. The van der Waals surface area contributed by atoms with Crippen molar-refractivity contribution in [2.75, 3.05) is 11.1 Å². The van der Waals surface area contributed by atoms with Crippen LogP contribution in [0, 0.1) is 18.6 Å². The highest BCUT2D eigenvalue weighted by Gasteiger charge is 2.13. The number of nitrogens with two attached hydrogens (primary N) is 1. The second-order valence-corrected chi connectivity index (χ2v) is 4.57. The van der Waals surface area contributed by atoms with Crippen LogP contribution in [0.3, 0.4) is 0 Å². The SMILES string of the molecule is Cc1ccc(F)c(CNc2nc(N)nc3[nH]ncc23)c1F. The van der Waals surface area contributed by atoms with Gasteiger partial charge in [-0.25, -0.2) is 8.78 Å². The topological polar surface area (TPSA) is 92.5 Å². The van der Waals surface area contributed by atoms with Gasteiger partial charge < -0.3 is 11.1 Å². The molecule has 0 aliphatic heterocycles. The van der Waals surface area contributed by atoms with Crippen molar-refractivity contribution in [3.8, 4) is 0 Å². The van der Waals surface area contributed by atoms with Crippen LogP contribution in [0.5, 0.6) is 0 Å². The van der Waals surface area contributed by atoms with Crippen molar-refractivity contribution in [2.24, 2.45) is 0 Å². The average Bonchev–Trinajstić information content (AvgIpc) is 2.91. The summed E-state index contributed by atoms with van der Waals surface area (Å²) < 4.78 is 27.7. The molecule has 3 rings (SSSR count). The molecule has 2 aromatic heterocycles.